The van der Waals surface area contributed by atoms with Crippen LogP contribution in [0.2, 0.25) is 0 Å². The van der Waals surface area contributed by atoms with Gasteiger partial charge in [0.2, 0.25) is 0 Å². The topological polar surface area (TPSA) is 38.3 Å². The molecule has 0 saturated heterocycles. The van der Waals surface area contributed by atoms with Crippen molar-refractivity contribution < 1.29 is 9.53 Å². The first-order valence-corrected chi connectivity index (χ1v) is 6.59. The Bertz CT molecular complexity index is 341. The van der Waals surface area contributed by atoms with Crippen molar-refractivity contribution in [3.05, 3.63) is 35.9 Å². The lowest BCUT2D eigenvalue weighted by atomic mass is 10.2. The number of carbonyl (C=O) groups excluding carboxylic acids is 1. The molecule has 1 unspecified atom stereocenters. The highest BCUT2D eigenvalue weighted by Crippen LogP contribution is 2.05. The van der Waals surface area contributed by atoms with E-state index in [1.165, 1.54) is 0 Å². The lowest BCUT2D eigenvalue weighted by molar-refractivity contribution is -0.144. The van der Waals surface area contributed by atoms with Crippen molar-refractivity contribution in [2.75, 3.05) is 6.54 Å². The Hall–Kier alpha value is -0.870. The average molecular weight is 300 g/mol. The highest BCUT2D eigenvalue weighted by Gasteiger charge is 2.15. The van der Waals surface area contributed by atoms with E-state index < -0.39 is 4.95 Å². The highest BCUT2D eigenvalue weighted by molar-refractivity contribution is 9.09. The SMILES string of the molecule is CC(C)CNC(Br)C(=O)OCc1ccccc1. The van der Waals surface area contributed by atoms with Gasteiger partial charge in [-0.15, -0.1) is 0 Å². The molecular formula is C13H18BrNO2. The van der Waals surface area contributed by atoms with Crippen LogP contribution in [0.5, 0.6) is 0 Å². The van der Waals surface area contributed by atoms with Gasteiger partial charge in [-0.1, -0.05) is 60.1 Å². The lowest BCUT2D eigenvalue weighted by Gasteiger charge is -2.13. The Kier molecular flexibility index (Phi) is 6.22. The number of hydrogen-bond acceptors (Lipinski definition) is 3. The number of halogens is 1. The van der Waals surface area contributed by atoms with Gasteiger partial charge in [0.05, 0.1) is 0 Å². The van der Waals surface area contributed by atoms with Gasteiger partial charge in [0, 0.05) is 0 Å². The van der Waals surface area contributed by atoms with Gasteiger partial charge in [-0.25, -0.2) is 4.79 Å². The second-order valence-corrected chi connectivity index (χ2v) is 5.17. The van der Waals surface area contributed by atoms with Crippen LogP contribution in [0.4, 0.5) is 0 Å². The molecule has 0 aliphatic heterocycles. The van der Waals surface area contributed by atoms with E-state index in [9.17, 15) is 4.79 Å². The van der Waals surface area contributed by atoms with Crippen molar-refractivity contribution in [3.8, 4) is 0 Å². The van der Waals surface area contributed by atoms with Crippen LogP contribution in [-0.2, 0) is 16.1 Å². The molecule has 4 heteroatoms. The summed E-state index contributed by atoms with van der Waals surface area (Å²) >= 11 is 3.26. The number of carbonyl (C=O) groups is 1. The zero-order valence-corrected chi connectivity index (χ0v) is 11.7. The van der Waals surface area contributed by atoms with Crippen LogP contribution in [0.25, 0.3) is 0 Å². The molecule has 0 spiro atoms. The number of nitrogens with one attached hydrogen (secondary N) is 1. The van der Waals surface area contributed by atoms with E-state index in [4.69, 9.17) is 4.74 Å². The van der Waals surface area contributed by atoms with E-state index in [1.807, 2.05) is 30.3 Å². The van der Waals surface area contributed by atoms with E-state index in [0.717, 1.165) is 12.1 Å². The van der Waals surface area contributed by atoms with Gasteiger partial charge < -0.3 is 4.74 Å². The fourth-order valence-corrected chi connectivity index (χ4v) is 1.54. The maximum Gasteiger partial charge on any atom is 0.334 e. The zero-order chi connectivity index (χ0) is 12.7. The third kappa shape index (κ3) is 5.84. The molecule has 0 aromatic heterocycles. The molecule has 1 rings (SSSR count). The molecule has 1 aromatic rings. The van der Waals surface area contributed by atoms with Gasteiger partial charge in [0.25, 0.3) is 0 Å². The quantitative estimate of drug-likeness (QED) is 0.499. The fraction of sp³-hybridized carbons (Fsp3) is 0.462. The van der Waals surface area contributed by atoms with Gasteiger partial charge in [-0.05, 0) is 18.0 Å². The maximum atomic E-state index is 11.6. The van der Waals surface area contributed by atoms with Crippen LogP contribution in [0.1, 0.15) is 19.4 Å². The summed E-state index contributed by atoms with van der Waals surface area (Å²) < 4.78 is 5.17. The second kappa shape index (κ2) is 7.45. The highest BCUT2D eigenvalue weighted by atomic mass is 79.9. The van der Waals surface area contributed by atoms with E-state index in [2.05, 4.69) is 35.1 Å². The normalized spacial score (nSPS) is 12.5. The molecule has 1 atom stereocenters. The van der Waals surface area contributed by atoms with E-state index in [0.29, 0.717) is 12.5 Å². The minimum Gasteiger partial charge on any atom is -0.459 e. The molecule has 0 fully saturated rings. The van der Waals surface area contributed by atoms with Crippen LogP contribution in [0, 0.1) is 5.92 Å². The average Bonchev–Trinajstić information content (AvgIpc) is 2.34. The van der Waals surface area contributed by atoms with E-state index in [-0.39, 0.29) is 5.97 Å². The molecule has 0 amide bonds. The minimum atomic E-state index is -0.436. The molecule has 0 heterocycles. The molecule has 0 saturated carbocycles. The lowest BCUT2D eigenvalue weighted by Crippen LogP contribution is -2.35. The molecule has 0 aliphatic carbocycles. The Morgan fingerprint density at radius 2 is 2.00 bits per heavy atom. The van der Waals surface area contributed by atoms with Gasteiger partial charge >= 0.3 is 5.97 Å². The van der Waals surface area contributed by atoms with Crippen molar-refractivity contribution in [2.45, 2.75) is 25.4 Å². The molecule has 3 nitrogen and oxygen atoms in total. The first kappa shape index (κ1) is 14.2. The first-order chi connectivity index (χ1) is 8.09. The predicted octanol–water partition coefficient (Wildman–Crippen LogP) is 2.70. The van der Waals surface area contributed by atoms with Crippen LogP contribution in [-0.4, -0.2) is 17.5 Å². The minimum absolute atomic E-state index is 0.283. The summed E-state index contributed by atoms with van der Waals surface area (Å²) in [6, 6.07) is 9.64. The van der Waals surface area contributed by atoms with Gasteiger partial charge in [-0.2, -0.15) is 0 Å². The number of rotatable bonds is 6. The van der Waals surface area contributed by atoms with Gasteiger partial charge in [0.15, 0.2) is 4.95 Å². The number of ether oxygens (including phenoxy) is 1. The second-order valence-electron chi connectivity index (χ2n) is 4.26. The summed E-state index contributed by atoms with van der Waals surface area (Å²) in [6.45, 7) is 5.26. The largest absolute Gasteiger partial charge is 0.459 e. The van der Waals surface area contributed by atoms with Crippen LogP contribution in [0.15, 0.2) is 30.3 Å². The smallest absolute Gasteiger partial charge is 0.334 e. The van der Waals surface area contributed by atoms with Crippen LogP contribution < -0.4 is 5.32 Å². The maximum absolute atomic E-state index is 11.6. The van der Waals surface area contributed by atoms with Crippen LogP contribution >= 0.6 is 15.9 Å². The summed E-state index contributed by atoms with van der Waals surface area (Å²) in [7, 11) is 0. The summed E-state index contributed by atoms with van der Waals surface area (Å²) in [5.41, 5.74) is 0.990. The number of alkyl halides is 1. The molecule has 17 heavy (non-hydrogen) atoms. The monoisotopic (exact) mass is 299 g/mol. The fourth-order valence-electron chi connectivity index (χ4n) is 1.22. The Labute approximate surface area is 111 Å². The van der Waals surface area contributed by atoms with Crippen molar-refractivity contribution in [3.63, 3.8) is 0 Å². The molecule has 94 valence electrons. The molecule has 0 radical (unpaired) electrons. The molecule has 0 bridgehead atoms. The first-order valence-electron chi connectivity index (χ1n) is 5.67. The Balaban J connectivity index is 2.29. The molecule has 0 aliphatic rings. The third-order valence-corrected chi connectivity index (χ3v) is 2.83. The third-order valence-electron chi connectivity index (χ3n) is 2.14. The van der Waals surface area contributed by atoms with Crippen molar-refractivity contribution in [1.29, 1.82) is 0 Å². The summed E-state index contributed by atoms with van der Waals surface area (Å²) in [5.74, 6) is 0.214. The standard InChI is InChI=1S/C13H18BrNO2/c1-10(2)8-15-12(14)13(16)17-9-11-6-4-3-5-7-11/h3-7,10,12,15H,8-9H2,1-2H3. The molecule has 1 aromatic carbocycles. The summed E-state index contributed by atoms with van der Waals surface area (Å²) in [5, 5.41) is 3.06. The zero-order valence-electron chi connectivity index (χ0n) is 10.2. The van der Waals surface area contributed by atoms with E-state index >= 15 is 0 Å². The van der Waals surface area contributed by atoms with Gasteiger partial charge in [-0.3, -0.25) is 5.32 Å². The van der Waals surface area contributed by atoms with E-state index in [1.54, 1.807) is 0 Å². The molecular weight excluding hydrogens is 282 g/mol. The van der Waals surface area contributed by atoms with Gasteiger partial charge in [0.1, 0.15) is 6.61 Å². The number of esters is 1. The predicted molar refractivity (Wildman–Crippen MR) is 71.8 cm³/mol. The van der Waals surface area contributed by atoms with Crippen LogP contribution in [0.3, 0.4) is 0 Å². The summed E-state index contributed by atoms with van der Waals surface area (Å²) in [6.07, 6.45) is 0. The summed E-state index contributed by atoms with van der Waals surface area (Å²) in [4.78, 5) is 11.2. The van der Waals surface area contributed by atoms with Crippen molar-refractivity contribution in [1.82, 2.24) is 5.32 Å². The van der Waals surface area contributed by atoms with Crippen molar-refractivity contribution >= 4 is 21.9 Å². The Morgan fingerprint density at radius 1 is 1.35 bits per heavy atom. The number of hydrogen-bond donors (Lipinski definition) is 1. The Morgan fingerprint density at radius 3 is 2.59 bits per heavy atom. The van der Waals surface area contributed by atoms with Crippen molar-refractivity contribution in [2.24, 2.45) is 5.92 Å². The number of benzene rings is 1. The molecule has 1 N–H and O–H groups in total.